The zero-order valence-electron chi connectivity index (χ0n) is 11.8. The van der Waals surface area contributed by atoms with E-state index in [-0.39, 0.29) is 0 Å². The van der Waals surface area contributed by atoms with Crippen molar-refractivity contribution >= 4 is 11.8 Å². The molecular formula is C17H16N2O2. The predicted octanol–water partition coefficient (Wildman–Crippen LogP) is 3.41. The average molecular weight is 280 g/mol. The molecule has 0 radical (unpaired) electrons. The summed E-state index contributed by atoms with van der Waals surface area (Å²) in [6, 6.07) is 11.8. The number of pyridine rings is 1. The Morgan fingerprint density at radius 3 is 2.90 bits per heavy atom. The van der Waals surface area contributed by atoms with Gasteiger partial charge >= 0.3 is 5.97 Å². The van der Waals surface area contributed by atoms with Gasteiger partial charge in [0.2, 0.25) is 0 Å². The van der Waals surface area contributed by atoms with E-state index in [1.54, 1.807) is 6.92 Å². The molecule has 4 nitrogen and oxygen atoms in total. The maximum absolute atomic E-state index is 12.2. The fraction of sp³-hybridized carbons (Fsp3) is 0.176. The summed E-state index contributed by atoms with van der Waals surface area (Å²) in [4.78, 5) is 16.7. The van der Waals surface area contributed by atoms with Crippen LogP contribution in [0.1, 0.15) is 23.0 Å². The molecule has 0 atom stereocenters. The SMILES string of the molecule is CCOC(=O)c1nc2c(cc1-c1ccccc1)CC=CN2. The molecule has 0 bridgehead atoms. The fourth-order valence-electron chi connectivity index (χ4n) is 2.35. The summed E-state index contributed by atoms with van der Waals surface area (Å²) in [6.07, 6.45) is 4.67. The summed E-state index contributed by atoms with van der Waals surface area (Å²) in [6.45, 7) is 2.12. The first kappa shape index (κ1) is 13.4. The molecule has 1 aliphatic heterocycles. The summed E-state index contributed by atoms with van der Waals surface area (Å²) < 4.78 is 5.13. The van der Waals surface area contributed by atoms with Gasteiger partial charge in [-0.2, -0.15) is 0 Å². The topological polar surface area (TPSA) is 51.2 Å². The number of esters is 1. The Kier molecular flexibility index (Phi) is 3.69. The molecular weight excluding hydrogens is 264 g/mol. The average Bonchev–Trinajstić information content (AvgIpc) is 2.54. The highest BCUT2D eigenvalue weighted by Crippen LogP contribution is 2.29. The molecule has 21 heavy (non-hydrogen) atoms. The Hall–Kier alpha value is -2.62. The Morgan fingerprint density at radius 1 is 1.33 bits per heavy atom. The lowest BCUT2D eigenvalue weighted by Gasteiger charge is -2.16. The van der Waals surface area contributed by atoms with Crippen LogP contribution in [0.15, 0.2) is 48.7 Å². The minimum absolute atomic E-state index is 0.332. The van der Waals surface area contributed by atoms with Crippen molar-refractivity contribution in [1.29, 1.82) is 0 Å². The molecule has 0 saturated heterocycles. The zero-order valence-corrected chi connectivity index (χ0v) is 11.8. The van der Waals surface area contributed by atoms with Crippen molar-refractivity contribution in [2.45, 2.75) is 13.3 Å². The van der Waals surface area contributed by atoms with Crippen LogP contribution in [0.25, 0.3) is 11.1 Å². The van der Waals surface area contributed by atoms with Gasteiger partial charge < -0.3 is 10.1 Å². The van der Waals surface area contributed by atoms with Crippen LogP contribution in [0.4, 0.5) is 5.82 Å². The first-order valence-corrected chi connectivity index (χ1v) is 6.97. The van der Waals surface area contributed by atoms with E-state index in [2.05, 4.69) is 10.3 Å². The van der Waals surface area contributed by atoms with Crippen molar-refractivity contribution < 1.29 is 9.53 Å². The first-order valence-electron chi connectivity index (χ1n) is 6.97. The normalized spacial score (nSPS) is 12.4. The van der Waals surface area contributed by atoms with E-state index in [9.17, 15) is 4.79 Å². The van der Waals surface area contributed by atoms with Crippen molar-refractivity contribution in [2.75, 3.05) is 11.9 Å². The number of benzene rings is 1. The number of anilines is 1. The van der Waals surface area contributed by atoms with Crippen molar-refractivity contribution in [3.8, 4) is 11.1 Å². The lowest BCUT2D eigenvalue weighted by molar-refractivity contribution is 0.0520. The van der Waals surface area contributed by atoms with Crippen LogP contribution in [-0.2, 0) is 11.2 Å². The van der Waals surface area contributed by atoms with Gasteiger partial charge in [-0.25, -0.2) is 9.78 Å². The van der Waals surface area contributed by atoms with Gasteiger partial charge in [0.1, 0.15) is 5.82 Å². The number of allylic oxidation sites excluding steroid dienone is 1. The summed E-state index contributed by atoms with van der Waals surface area (Å²) in [7, 11) is 0. The lowest BCUT2D eigenvalue weighted by atomic mass is 9.99. The summed E-state index contributed by atoms with van der Waals surface area (Å²) in [5, 5.41) is 3.08. The molecule has 4 heteroatoms. The zero-order chi connectivity index (χ0) is 14.7. The van der Waals surface area contributed by atoms with Crippen LogP contribution < -0.4 is 5.32 Å². The molecule has 0 saturated carbocycles. The van der Waals surface area contributed by atoms with Crippen LogP contribution in [0.2, 0.25) is 0 Å². The number of carbonyl (C=O) groups is 1. The van der Waals surface area contributed by atoms with Crippen LogP contribution in [0.5, 0.6) is 0 Å². The van der Waals surface area contributed by atoms with Crippen molar-refractivity contribution in [3.63, 3.8) is 0 Å². The monoisotopic (exact) mass is 280 g/mol. The van der Waals surface area contributed by atoms with Crippen LogP contribution in [-0.4, -0.2) is 17.6 Å². The highest BCUT2D eigenvalue weighted by Gasteiger charge is 2.20. The van der Waals surface area contributed by atoms with E-state index in [1.807, 2.05) is 48.7 Å². The van der Waals surface area contributed by atoms with Crippen molar-refractivity contribution in [1.82, 2.24) is 4.98 Å². The standard InChI is InChI=1S/C17H16N2O2/c1-2-21-17(20)15-14(12-7-4-3-5-8-12)11-13-9-6-10-18-16(13)19-15/h3-8,10-11H,2,9H2,1H3,(H,18,19). The highest BCUT2D eigenvalue weighted by atomic mass is 16.5. The number of hydrogen-bond acceptors (Lipinski definition) is 4. The smallest absolute Gasteiger partial charge is 0.357 e. The van der Waals surface area contributed by atoms with E-state index in [1.165, 1.54) is 0 Å². The summed E-state index contributed by atoms with van der Waals surface area (Å²) in [5.41, 5.74) is 3.20. The van der Waals surface area contributed by atoms with Gasteiger partial charge in [0.25, 0.3) is 0 Å². The molecule has 3 rings (SSSR count). The predicted molar refractivity (Wildman–Crippen MR) is 82.1 cm³/mol. The van der Waals surface area contributed by atoms with Gasteiger partial charge in [-0.05, 0) is 36.7 Å². The maximum Gasteiger partial charge on any atom is 0.357 e. The van der Waals surface area contributed by atoms with Gasteiger partial charge in [-0.1, -0.05) is 36.4 Å². The van der Waals surface area contributed by atoms with Gasteiger partial charge in [0, 0.05) is 5.56 Å². The molecule has 2 aromatic rings. The number of rotatable bonds is 3. The second-order valence-electron chi connectivity index (χ2n) is 4.73. The van der Waals surface area contributed by atoms with Crippen molar-refractivity contribution in [3.05, 3.63) is 59.9 Å². The van der Waals surface area contributed by atoms with E-state index in [4.69, 9.17) is 4.74 Å². The molecule has 0 spiro atoms. The second-order valence-corrected chi connectivity index (χ2v) is 4.73. The number of aromatic nitrogens is 1. The molecule has 1 aliphatic rings. The minimum Gasteiger partial charge on any atom is -0.461 e. The molecule has 1 N–H and O–H groups in total. The maximum atomic E-state index is 12.2. The summed E-state index contributed by atoms with van der Waals surface area (Å²) >= 11 is 0. The third-order valence-corrected chi connectivity index (χ3v) is 3.33. The molecule has 2 heterocycles. The van der Waals surface area contributed by atoms with Gasteiger partial charge in [-0.15, -0.1) is 0 Å². The first-order chi connectivity index (χ1) is 10.3. The fourth-order valence-corrected chi connectivity index (χ4v) is 2.35. The minimum atomic E-state index is -0.393. The largest absolute Gasteiger partial charge is 0.461 e. The molecule has 1 aromatic heterocycles. The Balaban J connectivity index is 2.14. The van der Waals surface area contributed by atoms with Gasteiger partial charge in [0.15, 0.2) is 5.69 Å². The van der Waals surface area contributed by atoms with E-state index in [0.29, 0.717) is 12.3 Å². The van der Waals surface area contributed by atoms with Crippen LogP contribution in [0, 0.1) is 0 Å². The van der Waals surface area contributed by atoms with Crippen LogP contribution in [0.3, 0.4) is 0 Å². The Morgan fingerprint density at radius 2 is 2.14 bits per heavy atom. The number of nitrogens with one attached hydrogen (secondary N) is 1. The number of nitrogens with zero attached hydrogens (tertiary/aromatic N) is 1. The molecule has 106 valence electrons. The molecule has 0 fully saturated rings. The molecule has 0 amide bonds. The molecule has 0 unspecified atom stereocenters. The summed E-state index contributed by atoms with van der Waals surface area (Å²) in [5.74, 6) is 0.329. The van der Waals surface area contributed by atoms with Gasteiger partial charge in [0.05, 0.1) is 6.61 Å². The van der Waals surface area contributed by atoms with E-state index in [0.717, 1.165) is 28.9 Å². The van der Waals surface area contributed by atoms with Crippen LogP contribution >= 0.6 is 0 Å². The Labute approximate surface area is 123 Å². The Bertz CT molecular complexity index is 693. The third-order valence-electron chi connectivity index (χ3n) is 3.33. The lowest BCUT2D eigenvalue weighted by Crippen LogP contribution is -2.13. The second kappa shape index (κ2) is 5.79. The highest BCUT2D eigenvalue weighted by molar-refractivity contribution is 5.96. The number of ether oxygens (including phenoxy) is 1. The number of carbonyl (C=O) groups excluding carboxylic acids is 1. The number of fused-ring (bicyclic) bond motifs is 1. The van der Waals surface area contributed by atoms with Gasteiger partial charge in [-0.3, -0.25) is 0 Å². The van der Waals surface area contributed by atoms with E-state index >= 15 is 0 Å². The molecule has 0 aliphatic carbocycles. The van der Waals surface area contributed by atoms with Crippen molar-refractivity contribution in [2.24, 2.45) is 0 Å². The molecule has 1 aromatic carbocycles. The van der Waals surface area contributed by atoms with E-state index < -0.39 is 5.97 Å². The quantitative estimate of drug-likeness (QED) is 0.875. The third kappa shape index (κ3) is 2.65. The number of hydrogen-bond donors (Lipinski definition) is 1.